The summed E-state index contributed by atoms with van der Waals surface area (Å²) in [5.41, 5.74) is 0.699. The van der Waals surface area contributed by atoms with Gasteiger partial charge in [0, 0.05) is 16.6 Å². The quantitative estimate of drug-likeness (QED) is 0.743. The van der Waals surface area contributed by atoms with E-state index in [9.17, 15) is 13.6 Å². The number of benzene rings is 3. The number of halogens is 2. The van der Waals surface area contributed by atoms with Gasteiger partial charge in [0.15, 0.2) is 0 Å². The van der Waals surface area contributed by atoms with Crippen LogP contribution in [-0.2, 0) is 0 Å². The number of anilines is 1. The van der Waals surface area contributed by atoms with Crippen molar-refractivity contribution in [1.29, 1.82) is 0 Å². The van der Waals surface area contributed by atoms with Crippen LogP contribution in [0.25, 0.3) is 10.8 Å². The van der Waals surface area contributed by atoms with Crippen molar-refractivity contribution in [3.8, 4) is 0 Å². The number of fused-ring (bicyclic) bond motifs is 1. The van der Waals surface area contributed by atoms with Gasteiger partial charge in [-0.15, -0.1) is 0 Å². The van der Waals surface area contributed by atoms with Crippen molar-refractivity contribution >= 4 is 22.4 Å². The fourth-order valence-corrected chi connectivity index (χ4v) is 2.22. The van der Waals surface area contributed by atoms with Crippen LogP contribution in [0.2, 0.25) is 0 Å². The summed E-state index contributed by atoms with van der Waals surface area (Å²) in [6.45, 7) is 0. The van der Waals surface area contributed by atoms with Crippen molar-refractivity contribution in [2.75, 3.05) is 5.32 Å². The number of rotatable bonds is 2. The van der Waals surface area contributed by atoms with Gasteiger partial charge in [0.1, 0.15) is 11.6 Å². The molecule has 0 bridgehead atoms. The van der Waals surface area contributed by atoms with Crippen molar-refractivity contribution in [3.63, 3.8) is 0 Å². The van der Waals surface area contributed by atoms with Crippen LogP contribution in [0.1, 0.15) is 10.4 Å². The fraction of sp³-hybridized carbons (Fsp3) is 0. The number of nitrogens with one attached hydrogen (secondary N) is 1. The van der Waals surface area contributed by atoms with Crippen LogP contribution in [-0.4, -0.2) is 5.91 Å². The maximum atomic E-state index is 13.7. The molecule has 0 saturated carbocycles. The topological polar surface area (TPSA) is 29.1 Å². The minimum absolute atomic E-state index is 0.344. The molecule has 3 aromatic rings. The molecule has 0 fully saturated rings. The first-order valence-electron chi connectivity index (χ1n) is 6.39. The lowest BCUT2D eigenvalue weighted by Crippen LogP contribution is -2.12. The summed E-state index contributed by atoms with van der Waals surface area (Å²) >= 11 is 0. The number of hydrogen-bond acceptors (Lipinski definition) is 1. The van der Waals surface area contributed by atoms with Crippen LogP contribution in [0.4, 0.5) is 14.5 Å². The third-order valence-corrected chi connectivity index (χ3v) is 3.20. The van der Waals surface area contributed by atoms with E-state index >= 15 is 0 Å². The molecule has 3 rings (SSSR count). The van der Waals surface area contributed by atoms with Crippen LogP contribution in [0.3, 0.4) is 0 Å². The average molecular weight is 283 g/mol. The molecule has 1 N–H and O–H groups in total. The number of carbonyl (C=O) groups is 1. The van der Waals surface area contributed by atoms with Gasteiger partial charge in [-0.3, -0.25) is 4.79 Å². The highest BCUT2D eigenvalue weighted by Crippen LogP contribution is 2.23. The minimum atomic E-state index is -0.434. The lowest BCUT2D eigenvalue weighted by atomic mass is 10.0. The molecule has 0 aliphatic carbocycles. The van der Waals surface area contributed by atoms with Crippen LogP contribution in [0.5, 0.6) is 0 Å². The molecule has 0 radical (unpaired) electrons. The Bertz CT molecular complexity index is 830. The van der Waals surface area contributed by atoms with Gasteiger partial charge in [-0.05, 0) is 35.7 Å². The van der Waals surface area contributed by atoms with Crippen molar-refractivity contribution in [1.82, 2.24) is 0 Å². The first-order chi connectivity index (χ1) is 10.1. The molecule has 104 valence electrons. The van der Waals surface area contributed by atoms with Crippen molar-refractivity contribution < 1.29 is 13.6 Å². The Morgan fingerprint density at radius 3 is 2.38 bits per heavy atom. The Morgan fingerprint density at radius 2 is 1.62 bits per heavy atom. The van der Waals surface area contributed by atoms with E-state index in [-0.39, 0.29) is 5.82 Å². The number of amides is 1. The first kappa shape index (κ1) is 13.2. The second-order valence-corrected chi connectivity index (χ2v) is 4.61. The Morgan fingerprint density at radius 1 is 0.857 bits per heavy atom. The molecule has 0 spiro atoms. The number of carbonyl (C=O) groups excluding carboxylic acids is 1. The molecule has 2 nitrogen and oxygen atoms in total. The Labute approximate surface area is 120 Å². The van der Waals surface area contributed by atoms with Crippen LogP contribution in [0, 0.1) is 11.6 Å². The molecule has 0 aliphatic heterocycles. The zero-order chi connectivity index (χ0) is 14.8. The van der Waals surface area contributed by atoms with Gasteiger partial charge in [-0.25, -0.2) is 8.78 Å². The Kier molecular flexibility index (Phi) is 3.36. The van der Waals surface area contributed by atoms with Gasteiger partial charge in [-0.1, -0.05) is 30.3 Å². The van der Waals surface area contributed by atoms with Crippen LogP contribution >= 0.6 is 0 Å². The predicted molar refractivity (Wildman–Crippen MR) is 78.3 cm³/mol. The monoisotopic (exact) mass is 283 g/mol. The summed E-state index contributed by atoms with van der Waals surface area (Å²) in [5.74, 6) is -1.22. The second kappa shape index (κ2) is 5.32. The smallest absolute Gasteiger partial charge is 0.256 e. The SMILES string of the molecule is O=C(Nc1cccc(F)c1)c1ccc(F)c2ccccc12. The fourth-order valence-electron chi connectivity index (χ4n) is 2.22. The maximum Gasteiger partial charge on any atom is 0.256 e. The Hall–Kier alpha value is -2.75. The maximum absolute atomic E-state index is 13.7. The highest BCUT2D eigenvalue weighted by molar-refractivity contribution is 6.13. The summed E-state index contributed by atoms with van der Waals surface area (Å²) in [7, 11) is 0. The van der Waals surface area contributed by atoms with Gasteiger partial charge in [-0.2, -0.15) is 0 Å². The molecule has 0 aromatic heterocycles. The summed E-state index contributed by atoms with van der Waals surface area (Å²) < 4.78 is 26.9. The van der Waals surface area contributed by atoms with E-state index in [0.29, 0.717) is 22.0 Å². The van der Waals surface area contributed by atoms with Crippen LogP contribution < -0.4 is 5.32 Å². The lowest BCUT2D eigenvalue weighted by Gasteiger charge is -2.08. The van der Waals surface area contributed by atoms with Gasteiger partial charge in [0.2, 0.25) is 0 Å². The Balaban J connectivity index is 2.01. The lowest BCUT2D eigenvalue weighted by molar-refractivity contribution is 0.102. The van der Waals surface area contributed by atoms with Gasteiger partial charge >= 0.3 is 0 Å². The third kappa shape index (κ3) is 2.60. The van der Waals surface area contributed by atoms with E-state index in [0.717, 1.165) is 0 Å². The molecule has 0 aliphatic rings. The molecule has 3 aromatic carbocycles. The predicted octanol–water partition coefficient (Wildman–Crippen LogP) is 4.37. The summed E-state index contributed by atoms with van der Waals surface area (Å²) in [6, 6.07) is 15.0. The standard InChI is InChI=1S/C17H11F2NO/c18-11-4-3-5-12(10-11)20-17(21)15-8-9-16(19)14-7-2-1-6-13(14)15/h1-10H,(H,20,21). The highest BCUT2D eigenvalue weighted by atomic mass is 19.1. The first-order valence-corrected chi connectivity index (χ1v) is 6.39. The minimum Gasteiger partial charge on any atom is -0.322 e. The molecule has 0 saturated heterocycles. The molecular formula is C17H11F2NO. The summed E-state index contributed by atoms with van der Waals surface area (Å²) in [4.78, 5) is 12.3. The molecular weight excluding hydrogens is 272 g/mol. The summed E-state index contributed by atoms with van der Waals surface area (Å²) in [5, 5.41) is 3.51. The van der Waals surface area contributed by atoms with Crippen LogP contribution in [0.15, 0.2) is 60.7 Å². The van der Waals surface area contributed by atoms with E-state index in [2.05, 4.69) is 5.32 Å². The average Bonchev–Trinajstić information content (AvgIpc) is 2.48. The second-order valence-electron chi connectivity index (χ2n) is 4.61. The largest absolute Gasteiger partial charge is 0.322 e. The summed E-state index contributed by atoms with van der Waals surface area (Å²) in [6.07, 6.45) is 0. The zero-order valence-electron chi connectivity index (χ0n) is 10.9. The molecule has 0 unspecified atom stereocenters. The van der Waals surface area contributed by atoms with Crippen molar-refractivity contribution in [3.05, 3.63) is 77.9 Å². The zero-order valence-corrected chi connectivity index (χ0v) is 10.9. The van der Waals surface area contributed by atoms with E-state index in [1.165, 1.54) is 30.3 Å². The van der Waals surface area contributed by atoms with E-state index in [1.807, 2.05) is 0 Å². The van der Waals surface area contributed by atoms with Gasteiger partial charge < -0.3 is 5.32 Å². The van der Waals surface area contributed by atoms with E-state index < -0.39 is 11.7 Å². The molecule has 21 heavy (non-hydrogen) atoms. The van der Waals surface area contributed by atoms with Gasteiger partial charge in [0.05, 0.1) is 0 Å². The molecule has 1 amide bonds. The van der Waals surface area contributed by atoms with Crippen molar-refractivity contribution in [2.45, 2.75) is 0 Å². The van der Waals surface area contributed by atoms with E-state index in [1.54, 1.807) is 30.3 Å². The normalized spacial score (nSPS) is 10.6. The van der Waals surface area contributed by atoms with Gasteiger partial charge in [0.25, 0.3) is 5.91 Å². The molecule has 0 heterocycles. The third-order valence-electron chi connectivity index (χ3n) is 3.20. The van der Waals surface area contributed by atoms with Crippen molar-refractivity contribution in [2.24, 2.45) is 0 Å². The highest BCUT2D eigenvalue weighted by Gasteiger charge is 2.12. The molecule has 4 heteroatoms. The number of hydrogen-bond donors (Lipinski definition) is 1. The molecule has 0 atom stereocenters. The van der Waals surface area contributed by atoms with E-state index in [4.69, 9.17) is 0 Å².